The van der Waals surface area contributed by atoms with E-state index in [4.69, 9.17) is 9.26 Å². The van der Waals surface area contributed by atoms with Crippen molar-refractivity contribution >= 4 is 11.3 Å². The predicted octanol–water partition coefficient (Wildman–Crippen LogP) is 2.43. The first-order chi connectivity index (χ1) is 10.3. The van der Waals surface area contributed by atoms with E-state index in [1.807, 2.05) is 6.92 Å². The average Bonchev–Trinajstić information content (AvgIpc) is 3.15. The molecule has 112 valence electrons. The van der Waals surface area contributed by atoms with Crippen molar-refractivity contribution in [2.75, 3.05) is 19.7 Å². The largest absolute Gasteiger partial charge is 0.367 e. The smallest absolute Gasteiger partial charge is 0.270 e. The van der Waals surface area contributed by atoms with Crippen LogP contribution < -0.4 is 0 Å². The van der Waals surface area contributed by atoms with E-state index >= 15 is 0 Å². The van der Waals surface area contributed by atoms with E-state index in [9.17, 15) is 0 Å². The van der Waals surface area contributed by atoms with Crippen LogP contribution in [0.25, 0.3) is 10.8 Å². The van der Waals surface area contributed by atoms with E-state index in [2.05, 4.69) is 20.0 Å². The third-order valence-corrected chi connectivity index (χ3v) is 5.23. The fraction of sp³-hybridized carbons (Fsp3) is 0.643. The lowest BCUT2D eigenvalue weighted by Gasteiger charge is -2.41. The Morgan fingerprint density at radius 1 is 1.38 bits per heavy atom. The number of nitrogens with zero attached hydrogens (tertiary/aromatic N) is 4. The van der Waals surface area contributed by atoms with Crippen LogP contribution in [-0.2, 0) is 4.74 Å². The van der Waals surface area contributed by atoms with Gasteiger partial charge < -0.3 is 9.26 Å². The maximum Gasteiger partial charge on any atom is 0.270 e. The summed E-state index contributed by atoms with van der Waals surface area (Å²) in [5.74, 6) is 1.20. The second kappa shape index (κ2) is 5.47. The molecule has 0 amide bonds. The highest BCUT2D eigenvalue weighted by Gasteiger charge is 2.33. The molecule has 2 fully saturated rings. The van der Waals surface area contributed by atoms with E-state index in [1.54, 1.807) is 5.51 Å². The predicted molar refractivity (Wildman–Crippen MR) is 78.0 cm³/mol. The first-order valence-electron chi connectivity index (χ1n) is 7.41. The Morgan fingerprint density at radius 2 is 2.33 bits per heavy atom. The zero-order valence-corrected chi connectivity index (χ0v) is 12.8. The average molecular weight is 306 g/mol. The minimum absolute atomic E-state index is 0.0786. The number of hydrogen-bond acceptors (Lipinski definition) is 7. The zero-order chi connectivity index (χ0) is 14.2. The lowest BCUT2D eigenvalue weighted by Crippen LogP contribution is -2.49. The standard InChI is InChI=1S/C14H18N4O2S/c1-9-12(21-8-15-9)14-16-13(17-20-14)11-6-18-5-3-2-4-10(18)7-19-11/h8,10-11H,2-7H2,1H3/t10-,11+/m0/s1. The Labute approximate surface area is 127 Å². The molecule has 4 rings (SSSR count). The molecule has 0 spiro atoms. The lowest BCUT2D eigenvalue weighted by atomic mass is 10.0. The van der Waals surface area contributed by atoms with Crippen LogP contribution in [0.1, 0.15) is 36.9 Å². The molecule has 0 unspecified atom stereocenters. The number of fused-ring (bicyclic) bond motifs is 1. The summed E-state index contributed by atoms with van der Waals surface area (Å²) in [4.78, 5) is 12.2. The monoisotopic (exact) mass is 306 g/mol. The summed E-state index contributed by atoms with van der Waals surface area (Å²) in [5.41, 5.74) is 2.72. The molecule has 0 aromatic carbocycles. The minimum Gasteiger partial charge on any atom is -0.367 e. The molecular weight excluding hydrogens is 288 g/mol. The van der Waals surface area contributed by atoms with Gasteiger partial charge in [0, 0.05) is 12.6 Å². The first kappa shape index (κ1) is 13.4. The number of morpholine rings is 1. The van der Waals surface area contributed by atoms with Crippen molar-refractivity contribution in [2.24, 2.45) is 0 Å². The minimum atomic E-state index is -0.0786. The Hall–Kier alpha value is -1.31. The van der Waals surface area contributed by atoms with Gasteiger partial charge >= 0.3 is 0 Å². The summed E-state index contributed by atoms with van der Waals surface area (Å²) in [5, 5.41) is 4.12. The van der Waals surface area contributed by atoms with Crippen molar-refractivity contribution in [1.82, 2.24) is 20.0 Å². The van der Waals surface area contributed by atoms with E-state index in [0.29, 0.717) is 17.8 Å². The summed E-state index contributed by atoms with van der Waals surface area (Å²) in [6.07, 6.45) is 3.75. The highest BCUT2D eigenvalue weighted by atomic mass is 32.1. The maximum absolute atomic E-state index is 5.96. The highest BCUT2D eigenvalue weighted by Crippen LogP contribution is 2.31. The summed E-state index contributed by atoms with van der Waals surface area (Å²) in [6, 6.07) is 0.574. The van der Waals surface area contributed by atoms with Crippen LogP contribution in [0.2, 0.25) is 0 Å². The number of aryl methyl sites for hydroxylation is 1. The molecule has 0 N–H and O–H groups in total. The fourth-order valence-electron chi connectivity index (χ4n) is 3.10. The van der Waals surface area contributed by atoms with Gasteiger partial charge in [-0.15, -0.1) is 11.3 Å². The van der Waals surface area contributed by atoms with Gasteiger partial charge in [-0.05, 0) is 26.3 Å². The molecule has 21 heavy (non-hydrogen) atoms. The Balaban J connectivity index is 1.52. The third-order valence-electron chi connectivity index (χ3n) is 4.31. The van der Waals surface area contributed by atoms with Crippen LogP contribution in [0.5, 0.6) is 0 Å². The Kier molecular flexibility index (Phi) is 3.48. The molecule has 2 atom stereocenters. The van der Waals surface area contributed by atoms with E-state index in [0.717, 1.165) is 30.3 Å². The van der Waals surface area contributed by atoms with Gasteiger partial charge in [-0.25, -0.2) is 4.98 Å². The molecule has 7 heteroatoms. The van der Waals surface area contributed by atoms with E-state index in [1.165, 1.54) is 30.6 Å². The number of aromatic nitrogens is 3. The molecule has 0 saturated carbocycles. The molecule has 6 nitrogen and oxygen atoms in total. The van der Waals surface area contributed by atoms with Gasteiger partial charge in [0.1, 0.15) is 11.0 Å². The highest BCUT2D eigenvalue weighted by molar-refractivity contribution is 7.13. The lowest BCUT2D eigenvalue weighted by molar-refractivity contribution is -0.0805. The van der Waals surface area contributed by atoms with Crippen molar-refractivity contribution in [3.8, 4) is 10.8 Å². The molecule has 4 heterocycles. The number of piperidine rings is 1. The maximum atomic E-state index is 5.96. The Bertz CT molecular complexity index is 626. The first-order valence-corrected chi connectivity index (χ1v) is 8.29. The van der Waals surface area contributed by atoms with Gasteiger partial charge in [-0.1, -0.05) is 11.6 Å². The molecule has 2 aromatic rings. The molecular formula is C14H18N4O2S. The summed E-state index contributed by atoms with van der Waals surface area (Å²) in [7, 11) is 0. The third kappa shape index (κ3) is 2.49. The van der Waals surface area contributed by atoms with Gasteiger partial charge in [0.2, 0.25) is 5.82 Å². The van der Waals surface area contributed by atoms with Crippen LogP contribution in [0.15, 0.2) is 10.0 Å². The summed E-state index contributed by atoms with van der Waals surface area (Å²) in [6.45, 7) is 4.74. The normalized spacial score (nSPS) is 26.7. The van der Waals surface area contributed by atoms with Crippen LogP contribution in [0.4, 0.5) is 0 Å². The van der Waals surface area contributed by atoms with Gasteiger partial charge in [0.15, 0.2) is 0 Å². The number of hydrogen-bond donors (Lipinski definition) is 0. The zero-order valence-electron chi connectivity index (χ0n) is 12.0. The second-order valence-electron chi connectivity index (χ2n) is 5.69. The van der Waals surface area contributed by atoms with Crippen molar-refractivity contribution < 1.29 is 9.26 Å². The number of rotatable bonds is 2. The molecule has 0 aliphatic carbocycles. The molecule has 2 aliphatic heterocycles. The fourth-order valence-corrected chi connectivity index (χ4v) is 3.83. The van der Waals surface area contributed by atoms with E-state index < -0.39 is 0 Å². The topological polar surface area (TPSA) is 64.3 Å². The van der Waals surface area contributed by atoms with Crippen LogP contribution in [0.3, 0.4) is 0 Å². The van der Waals surface area contributed by atoms with Crippen molar-refractivity contribution in [1.29, 1.82) is 0 Å². The van der Waals surface area contributed by atoms with Crippen molar-refractivity contribution in [2.45, 2.75) is 38.3 Å². The van der Waals surface area contributed by atoms with Gasteiger partial charge in [-0.3, -0.25) is 4.90 Å². The molecule has 0 bridgehead atoms. The Morgan fingerprint density at radius 3 is 3.19 bits per heavy atom. The van der Waals surface area contributed by atoms with Gasteiger partial charge in [0.05, 0.1) is 17.8 Å². The molecule has 2 saturated heterocycles. The van der Waals surface area contributed by atoms with Gasteiger partial charge in [0.25, 0.3) is 5.89 Å². The summed E-state index contributed by atoms with van der Waals surface area (Å²) < 4.78 is 11.3. The van der Waals surface area contributed by atoms with Crippen molar-refractivity contribution in [3.05, 3.63) is 17.0 Å². The molecule has 0 radical (unpaired) electrons. The summed E-state index contributed by atoms with van der Waals surface area (Å²) >= 11 is 1.52. The number of thiazole rings is 1. The van der Waals surface area contributed by atoms with Crippen molar-refractivity contribution in [3.63, 3.8) is 0 Å². The quantitative estimate of drug-likeness (QED) is 0.849. The molecule has 2 aromatic heterocycles. The van der Waals surface area contributed by atoms with Gasteiger partial charge in [-0.2, -0.15) is 4.98 Å². The van der Waals surface area contributed by atoms with Crippen LogP contribution in [0, 0.1) is 6.92 Å². The van der Waals surface area contributed by atoms with Crippen LogP contribution in [-0.4, -0.2) is 45.8 Å². The second-order valence-corrected chi connectivity index (χ2v) is 6.55. The SMILES string of the molecule is Cc1ncsc1-c1nc([C@H]2CN3CCCC[C@H]3CO2)no1. The van der Waals surface area contributed by atoms with Crippen LogP contribution >= 0.6 is 11.3 Å². The van der Waals surface area contributed by atoms with E-state index in [-0.39, 0.29) is 6.10 Å². The number of ether oxygens (including phenoxy) is 1. The molecule has 2 aliphatic rings.